The third kappa shape index (κ3) is 4.33. The number of oxazole rings is 1. The van der Waals surface area contributed by atoms with Crippen LogP contribution < -0.4 is 10.2 Å². The van der Waals surface area contributed by atoms with Gasteiger partial charge in [0.15, 0.2) is 20.2 Å². The Hall–Kier alpha value is -2.60. The zero-order valence-electron chi connectivity index (χ0n) is 17.0. The van der Waals surface area contributed by atoms with Crippen molar-refractivity contribution in [3.8, 4) is 5.75 Å². The molecule has 170 valence electrons. The molecule has 0 aliphatic carbocycles. The molecule has 1 saturated heterocycles. The molecule has 4 rings (SSSR count). The first kappa shape index (κ1) is 22.6. The minimum Gasteiger partial charge on any atom is -0.493 e. The second-order valence-electron chi connectivity index (χ2n) is 7.17. The summed E-state index contributed by atoms with van der Waals surface area (Å²) in [6, 6.07) is 13.4. The fourth-order valence-corrected chi connectivity index (χ4v) is 6.16. The van der Waals surface area contributed by atoms with Gasteiger partial charge in [0, 0.05) is 19.0 Å². The van der Waals surface area contributed by atoms with Crippen LogP contribution in [0.4, 0.5) is 0 Å². The van der Waals surface area contributed by atoms with E-state index in [9.17, 15) is 13.2 Å². The van der Waals surface area contributed by atoms with Crippen molar-refractivity contribution in [3.05, 3.63) is 48.5 Å². The Balaban J connectivity index is 1.38. The van der Waals surface area contributed by atoms with Crippen LogP contribution in [0.25, 0.3) is 11.1 Å². The van der Waals surface area contributed by atoms with Crippen LogP contribution in [0.1, 0.15) is 12.8 Å². The van der Waals surface area contributed by atoms with Gasteiger partial charge in [-0.2, -0.15) is 0 Å². The van der Waals surface area contributed by atoms with Crippen LogP contribution in [-0.2, 0) is 19.4 Å². The fraction of sp³-hybridized carbons (Fsp3) is 0.333. The molecule has 2 aromatic carbocycles. The van der Waals surface area contributed by atoms with E-state index in [-0.39, 0.29) is 31.0 Å². The third-order valence-electron chi connectivity index (χ3n) is 5.32. The van der Waals surface area contributed by atoms with E-state index in [1.54, 1.807) is 12.1 Å². The molecule has 32 heavy (non-hydrogen) atoms. The lowest BCUT2D eigenvalue weighted by atomic mass is 9.98. The minimum atomic E-state index is -4.06. The first-order chi connectivity index (χ1) is 15.5. The second kappa shape index (κ2) is 9.49. The number of nitrogens with zero attached hydrogens (tertiary/aromatic N) is 1. The highest BCUT2D eigenvalue weighted by molar-refractivity contribution is 7.99. The topological polar surface area (TPSA) is 128 Å². The summed E-state index contributed by atoms with van der Waals surface area (Å²) in [4.78, 5) is 16.7. The molecule has 1 aromatic heterocycles. The van der Waals surface area contributed by atoms with Crippen LogP contribution in [0.5, 0.6) is 5.75 Å². The molecular formula is C21H22N2O7S2. The van der Waals surface area contributed by atoms with Crippen molar-refractivity contribution >= 4 is 38.6 Å². The maximum absolute atomic E-state index is 13.2. The number of amides is 1. The summed E-state index contributed by atoms with van der Waals surface area (Å²) >= 11 is 1.42. The quantitative estimate of drug-likeness (QED) is 0.217. The number of carbonyl (C=O) groups is 1. The Morgan fingerprint density at radius 3 is 2.56 bits per heavy atom. The van der Waals surface area contributed by atoms with Gasteiger partial charge in [-0.1, -0.05) is 23.9 Å². The number of hydrogen-bond donors (Lipinski definition) is 2. The van der Waals surface area contributed by atoms with Crippen LogP contribution >= 0.6 is 11.8 Å². The molecule has 2 N–H and O–H groups in total. The molecule has 1 aliphatic heterocycles. The van der Waals surface area contributed by atoms with Crippen molar-refractivity contribution in [2.45, 2.75) is 27.7 Å². The van der Waals surface area contributed by atoms with Crippen molar-refractivity contribution < 1.29 is 32.3 Å². The number of sulfone groups is 1. The number of rotatable bonds is 8. The van der Waals surface area contributed by atoms with Gasteiger partial charge in [-0.25, -0.2) is 18.9 Å². The Morgan fingerprint density at radius 1 is 1.16 bits per heavy atom. The Labute approximate surface area is 189 Å². The Kier molecular flexibility index (Phi) is 6.70. The number of para-hydroxylation sites is 2. The summed E-state index contributed by atoms with van der Waals surface area (Å²) in [6.45, 7) is 0.598. The van der Waals surface area contributed by atoms with Crippen molar-refractivity contribution in [2.75, 3.05) is 25.6 Å². The zero-order valence-corrected chi connectivity index (χ0v) is 18.7. The zero-order chi connectivity index (χ0) is 22.6. The highest BCUT2D eigenvalue weighted by Gasteiger charge is 2.52. The van der Waals surface area contributed by atoms with Gasteiger partial charge < -0.3 is 13.9 Å². The van der Waals surface area contributed by atoms with Crippen LogP contribution in [-0.4, -0.2) is 54.8 Å². The van der Waals surface area contributed by atoms with Gasteiger partial charge in [-0.15, -0.1) is 0 Å². The maximum Gasteiger partial charge on any atom is 0.265 e. The minimum absolute atomic E-state index is 0.0174. The molecule has 1 aliphatic rings. The maximum atomic E-state index is 13.2. The second-order valence-corrected chi connectivity index (χ2v) is 10.5. The third-order valence-corrected chi connectivity index (χ3v) is 8.62. The standard InChI is InChI=1S/C21H22N2O7S2/c24-19(23-25)21(9-11-28-12-10-21)32(26,27)16-7-5-15(6-8-16)29-13-14-31-20-22-17-3-1-2-4-18(17)30-20/h1-8,25H,9-14H2,(H,23,24). The summed E-state index contributed by atoms with van der Waals surface area (Å²) < 4.78 is 41.2. The van der Waals surface area contributed by atoms with Gasteiger partial charge in [0.25, 0.3) is 11.1 Å². The van der Waals surface area contributed by atoms with Crippen molar-refractivity contribution in [1.29, 1.82) is 0 Å². The monoisotopic (exact) mass is 478 g/mol. The van der Waals surface area contributed by atoms with Gasteiger partial charge in [-0.3, -0.25) is 10.0 Å². The van der Waals surface area contributed by atoms with Crippen LogP contribution in [0.15, 0.2) is 63.1 Å². The van der Waals surface area contributed by atoms with E-state index in [2.05, 4.69) is 4.98 Å². The number of hydroxylamine groups is 1. The molecule has 9 nitrogen and oxygen atoms in total. The van der Waals surface area contributed by atoms with Crippen molar-refractivity contribution in [2.24, 2.45) is 0 Å². The van der Waals surface area contributed by atoms with E-state index in [4.69, 9.17) is 19.1 Å². The van der Waals surface area contributed by atoms with Gasteiger partial charge in [0.1, 0.15) is 11.3 Å². The summed E-state index contributed by atoms with van der Waals surface area (Å²) in [6.07, 6.45) is -0.0694. The SMILES string of the molecule is O=C(NO)C1(S(=O)(=O)c2ccc(OCCSc3nc4ccccc4o3)cc2)CCOCC1. The van der Waals surface area contributed by atoms with E-state index in [1.807, 2.05) is 24.3 Å². The fourth-order valence-electron chi connectivity index (χ4n) is 3.56. The molecule has 0 unspecified atom stereocenters. The summed E-state index contributed by atoms with van der Waals surface area (Å²) in [5, 5.41) is 9.67. The number of fused-ring (bicyclic) bond motifs is 1. The van der Waals surface area contributed by atoms with Gasteiger partial charge in [0.05, 0.1) is 11.5 Å². The number of aromatic nitrogens is 1. The molecular weight excluding hydrogens is 456 g/mol. The molecule has 0 bridgehead atoms. The molecule has 0 saturated carbocycles. The first-order valence-corrected chi connectivity index (χ1v) is 12.4. The highest BCUT2D eigenvalue weighted by atomic mass is 32.2. The van der Waals surface area contributed by atoms with Crippen LogP contribution in [0, 0.1) is 0 Å². The summed E-state index contributed by atoms with van der Waals surface area (Å²) in [7, 11) is -4.06. The molecule has 0 radical (unpaired) electrons. The smallest absolute Gasteiger partial charge is 0.265 e. The van der Waals surface area contributed by atoms with Crippen molar-refractivity contribution in [1.82, 2.24) is 10.5 Å². The van der Waals surface area contributed by atoms with E-state index >= 15 is 0 Å². The molecule has 1 fully saturated rings. The summed E-state index contributed by atoms with van der Waals surface area (Å²) in [5.41, 5.74) is 3.03. The van der Waals surface area contributed by atoms with Crippen LogP contribution in [0.2, 0.25) is 0 Å². The number of carbonyl (C=O) groups excluding carboxylic acids is 1. The van der Waals surface area contributed by atoms with Gasteiger partial charge >= 0.3 is 0 Å². The lowest BCUT2D eigenvalue weighted by Crippen LogP contribution is -2.54. The average Bonchev–Trinajstić information content (AvgIpc) is 3.25. The molecule has 1 amide bonds. The van der Waals surface area contributed by atoms with E-state index in [0.717, 1.165) is 11.1 Å². The predicted molar refractivity (Wildman–Crippen MR) is 117 cm³/mol. The van der Waals surface area contributed by atoms with Gasteiger partial charge in [-0.05, 0) is 49.2 Å². The normalized spacial score (nSPS) is 16.0. The first-order valence-electron chi connectivity index (χ1n) is 9.94. The number of benzene rings is 2. The van der Waals surface area contributed by atoms with E-state index < -0.39 is 20.5 Å². The molecule has 11 heteroatoms. The highest BCUT2D eigenvalue weighted by Crippen LogP contribution is 2.35. The van der Waals surface area contributed by atoms with E-state index in [1.165, 1.54) is 29.4 Å². The Morgan fingerprint density at radius 2 is 1.88 bits per heavy atom. The number of thioether (sulfide) groups is 1. The summed E-state index contributed by atoms with van der Waals surface area (Å²) in [5.74, 6) is 0.138. The largest absolute Gasteiger partial charge is 0.493 e. The Bertz CT molecular complexity index is 1150. The molecule has 0 atom stereocenters. The van der Waals surface area contributed by atoms with E-state index in [0.29, 0.717) is 23.3 Å². The van der Waals surface area contributed by atoms with Gasteiger partial charge in [0.2, 0.25) is 0 Å². The number of ether oxygens (including phenoxy) is 2. The lowest BCUT2D eigenvalue weighted by molar-refractivity contribution is -0.134. The molecule has 3 aromatic rings. The van der Waals surface area contributed by atoms with Crippen LogP contribution in [0.3, 0.4) is 0 Å². The predicted octanol–water partition coefficient (Wildman–Crippen LogP) is 2.83. The number of nitrogens with one attached hydrogen (secondary N) is 1. The average molecular weight is 479 g/mol. The number of hydrogen-bond acceptors (Lipinski definition) is 9. The molecule has 2 heterocycles. The van der Waals surface area contributed by atoms with Crippen molar-refractivity contribution in [3.63, 3.8) is 0 Å². The molecule has 0 spiro atoms. The lowest BCUT2D eigenvalue weighted by Gasteiger charge is -2.34.